The summed E-state index contributed by atoms with van der Waals surface area (Å²) >= 11 is 3.32. The Kier molecular flexibility index (Phi) is 3.55. The summed E-state index contributed by atoms with van der Waals surface area (Å²) in [5.74, 6) is 0.0289. The van der Waals surface area contributed by atoms with Gasteiger partial charge in [-0.3, -0.25) is 4.79 Å². The van der Waals surface area contributed by atoms with Crippen molar-refractivity contribution >= 4 is 26.2 Å². The Morgan fingerprint density at radius 3 is 2.12 bits per heavy atom. The molecular formula is C15H11BrO. The molecule has 0 aliphatic rings. The second-order valence-corrected chi connectivity index (χ2v) is 4.64. The van der Waals surface area contributed by atoms with Gasteiger partial charge in [-0.05, 0) is 11.6 Å². The summed E-state index contributed by atoms with van der Waals surface area (Å²) in [4.78, 5) is 12.2. The minimum Gasteiger partial charge on any atom is -0.289 e. The van der Waals surface area contributed by atoms with Gasteiger partial charge in [0.25, 0.3) is 0 Å². The van der Waals surface area contributed by atoms with Crippen LogP contribution in [0.3, 0.4) is 0 Å². The van der Waals surface area contributed by atoms with Gasteiger partial charge in [0.05, 0.1) is 0 Å². The van der Waals surface area contributed by atoms with E-state index < -0.39 is 0 Å². The van der Waals surface area contributed by atoms with Crippen LogP contribution >= 0.6 is 15.9 Å². The molecule has 0 saturated carbocycles. The van der Waals surface area contributed by atoms with Crippen LogP contribution in [0.25, 0.3) is 4.48 Å². The first-order chi connectivity index (χ1) is 8.18. The van der Waals surface area contributed by atoms with Crippen molar-refractivity contribution in [2.24, 2.45) is 0 Å². The van der Waals surface area contributed by atoms with Crippen molar-refractivity contribution in [3.8, 4) is 0 Å². The van der Waals surface area contributed by atoms with Gasteiger partial charge in [-0.25, -0.2) is 0 Å². The molecule has 0 fully saturated rings. The van der Waals surface area contributed by atoms with Crippen LogP contribution in [0.5, 0.6) is 0 Å². The van der Waals surface area contributed by atoms with Gasteiger partial charge in [-0.1, -0.05) is 71.0 Å². The molecule has 2 rings (SSSR count). The van der Waals surface area contributed by atoms with Crippen molar-refractivity contribution in [3.63, 3.8) is 0 Å². The van der Waals surface area contributed by atoms with Gasteiger partial charge in [0.15, 0.2) is 5.78 Å². The van der Waals surface area contributed by atoms with Crippen molar-refractivity contribution < 1.29 is 4.79 Å². The van der Waals surface area contributed by atoms with Gasteiger partial charge in [0, 0.05) is 15.6 Å². The average Bonchev–Trinajstić information content (AvgIpc) is 2.39. The Hall–Kier alpha value is -1.67. The van der Waals surface area contributed by atoms with E-state index in [2.05, 4.69) is 22.5 Å². The van der Waals surface area contributed by atoms with Gasteiger partial charge < -0.3 is 0 Å². The van der Waals surface area contributed by atoms with Crippen LogP contribution in [0.4, 0.5) is 0 Å². The fourth-order valence-corrected chi connectivity index (χ4v) is 1.83. The lowest BCUT2D eigenvalue weighted by Gasteiger charge is -2.03. The summed E-state index contributed by atoms with van der Waals surface area (Å²) in [5.41, 5.74) is 2.30. The van der Waals surface area contributed by atoms with Gasteiger partial charge in [-0.15, -0.1) is 0 Å². The van der Waals surface area contributed by atoms with Crippen LogP contribution in [-0.2, 0) is 0 Å². The molecule has 0 saturated heterocycles. The summed E-state index contributed by atoms with van der Waals surface area (Å²) in [7, 11) is 0. The van der Waals surface area contributed by atoms with E-state index in [9.17, 15) is 4.79 Å². The summed E-state index contributed by atoms with van der Waals surface area (Å²) < 4.78 is 0.778. The molecule has 1 nitrogen and oxygen atoms in total. The summed E-state index contributed by atoms with van der Waals surface area (Å²) in [5, 5.41) is 0. The van der Waals surface area contributed by atoms with E-state index >= 15 is 0 Å². The maximum absolute atomic E-state index is 12.2. The third-order valence-electron chi connectivity index (χ3n) is 2.47. The lowest BCUT2D eigenvalue weighted by molar-refractivity contribution is 0.103. The highest BCUT2D eigenvalue weighted by atomic mass is 79.9. The molecule has 0 spiro atoms. The normalized spacial score (nSPS) is 9.94. The second kappa shape index (κ2) is 5.11. The smallest absolute Gasteiger partial charge is 0.193 e. The van der Waals surface area contributed by atoms with Gasteiger partial charge in [-0.2, -0.15) is 0 Å². The van der Waals surface area contributed by atoms with Crippen LogP contribution < -0.4 is 0 Å². The molecule has 0 atom stereocenters. The quantitative estimate of drug-likeness (QED) is 0.770. The van der Waals surface area contributed by atoms with Crippen LogP contribution in [0.15, 0.2) is 61.2 Å². The molecule has 0 radical (unpaired) electrons. The zero-order valence-corrected chi connectivity index (χ0v) is 10.8. The molecule has 0 aliphatic carbocycles. The standard InChI is InChI=1S/C15H11BrO/c1-11(16)13-8-5-9-14(10-13)15(17)12-6-3-2-4-7-12/h2-10H,1H2. The van der Waals surface area contributed by atoms with E-state index in [1.165, 1.54) is 0 Å². The number of carbonyl (C=O) groups is 1. The first-order valence-electron chi connectivity index (χ1n) is 5.23. The van der Waals surface area contributed by atoms with E-state index in [1.54, 1.807) is 0 Å². The highest BCUT2D eigenvalue weighted by Crippen LogP contribution is 2.20. The molecule has 17 heavy (non-hydrogen) atoms. The highest BCUT2D eigenvalue weighted by molar-refractivity contribution is 9.15. The van der Waals surface area contributed by atoms with E-state index in [0.717, 1.165) is 10.0 Å². The van der Waals surface area contributed by atoms with Crippen LogP contribution in [0.2, 0.25) is 0 Å². The summed E-state index contributed by atoms with van der Waals surface area (Å²) in [6.45, 7) is 3.80. The Morgan fingerprint density at radius 1 is 0.882 bits per heavy atom. The van der Waals surface area contributed by atoms with Gasteiger partial charge >= 0.3 is 0 Å². The molecule has 0 aromatic heterocycles. The number of hydrogen-bond donors (Lipinski definition) is 0. The molecule has 0 bridgehead atoms. The highest BCUT2D eigenvalue weighted by Gasteiger charge is 2.08. The minimum atomic E-state index is 0.0289. The fourth-order valence-electron chi connectivity index (χ4n) is 1.59. The predicted octanol–water partition coefficient (Wildman–Crippen LogP) is 4.28. The molecule has 0 N–H and O–H groups in total. The molecule has 0 amide bonds. The first kappa shape index (κ1) is 11.8. The van der Waals surface area contributed by atoms with Gasteiger partial charge in [0.1, 0.15) is 0 Å². The summed E-state index contributed by atoms with van der Waals surface area (Å²) in [6.07, 6.45) is 0. The monoisotopic (exact) mass is 286 g/mol. The molecule has 0 heterocycles. The number of hydrogen-bond acceptors (Lipinski definition) is 1. The number of ketones is 1. The van der Waals surface area contributed by atoms with Crippen LogP contribution in [0.1, 0.15) is 21.5 Å². The minimum absolute atomic E-state index is 0.0289. The van der Waals surface area contributed by atoms with E-state index in [0.29, 0.717) is 11.1 Å². The van der Waals surface area contributed by atoms with E-state index in [-0.39, 0.29) is 5.78 Å². The number of halogens is 1. The summed E-state index contributed by atoms with van der Waals surface area (Å²) in [6, 6.07) is 16.7. The Labute approximate surface area is 109 Å². The Balaban J connectivity index is 2.38. The maximum Gasteiger partial charge on any atom is 0.193 e. The second-order valence-electron chi connectivity index (χ2n) is 3.68. The van der Waals surface area contributed by atoms with Crippen molar-refractivity contribution in [1.82, 2.24) is 0 Å². The number of benzene rings is 2. The predicted molar refractivity (Wildman–Crippen MR) is 74.3 cm³/mol. The number of carbonyl (C=O) groups excluding carboxylic acids is 1. The van der Waals surface area contributed by atoms with Crippen molar-refractivity contribution in [2.45, 2.75) is 0 Å². The lowest BCUT2D eigenvalue weighted by atomic mass is 10.0. The van der Waals surface area contributed by atoms with Crippen LogP contribution in [0, 0.1) is 0 Å². The Morgan fingerprint density at radius 2 is 1.47 bits per heavy atom. The largest absolute Gasteiger partial charge is 0.289 e. The zero-order valence-electron chi connectivity index (χ0n) is 9.19. The first-order valence-corrected chi connectivity index (χ1v) is 6.02. The third-order valence-corrected chi connectivity index (χ3v) is 2.93. The molecular weight excluding hydrogens is 276 g/mol. The SMILES string of the molecule is C=C(Br)c1cccc(C(=O)c2ccccc2)c1. The Bertz CT molecular complexity index is 558. The number of rotatable bonds is 3. The lowest BCUT2D eigenvalue weighted by Crippen LogP contribution is -2.01. The average molecular weight is 287 g/mol. The molecule has 2 heteroatoms. The van der Waals surface area contributed by atoms with E-state index in [4.69, 9.17) is 0 Å². The maximum atomic E-state index is 12.2. The van der Waals surface area contributed by atoms with E-state index in [1.807, 2.05) is 54.6 Å². The zero-order chi connectivity index (χ0) is 12.3. The van der Waals surface area contributed by atoms with Crippen LogP contribution in [-0.4, -0.2) is 5.78 Å². The van der Waals surface area contributed by atoms with Crippen molar-refractivity contribution in [2.75, 3.05) is 0 Å². The molecule has 2 aromatic rings. The van der Waals surface area contributed by atoms with Crippen molar-refractivity contribution in [3.05, 3.63) is 77.9 Å². The molecule has 2 aromatic carbocycles. The molecule has 0 unspecified atom stereocenters. The fraction of sp³-hybridized carbons (Fsp3) is 0. The topological polar surface area (TPSA) is 17.1 Å². The molecule has 0 aliphatic heterocycles. The van der Waals surface area contributed by atoms with Crippen molar-refractivity contribution in [1.29, 1.82) is 0 Å². The molecule has 84 valence electrons. The third kappa shape index (κ3) is 2.71. The van der Waals surface area contributed by atoms with Gasteiger partial charge in [0.2, 0.25) is 0 Å².